The van der Waals surface area contributed by atoms with Gasteiger partial charge >= 0.3 is 6.03 Å². The van der Waals surface area contributed by atoms with Crippen LogP contribution in [0.15, 0.2) is 54.6 Å². The molecule has 1 fully saturated rings. The Hall–Kier alpha value is -2.40. The molecule has 120 valence electrons. The number of amides is 2. The van der Waals surface area contributed by atoms with E-state index in [1.165, 1.54) is 6.07 Å². The first-order chi connectivity index (χ1) is 11.2. The number of urea groups is 1. The van der Waals surface area contributed by atoms with Crippen molar-refractivity contribution in [1.82, 2.24) is 10.6 Å². The van der Waals surface area contributed by atoms with Crippen molar-refractivity contribution < 1.29 is 14.3 Å². The fourth-order valence-electron chi connectivity index (χ4n) is 2.76. The maximum absolute atomic E-state index is 13.7. The summed E-state index contributed by atoms with van der Waals surface area (Å²) in [6, 6.07) is 15.0. The highest BCUT2D eigenvalue weighted by Gasteiger charge is 2.41. The van der Waals surface area contributed by atoms with E-state index < -0.39 is 6.04 Å². The summed E-state index contributed by atoms with van der Waals surface area (Å²) in [6.45, 7) is -0.182. The molecule has 4 nitrogen and oxygen atoms in total. The van der Waals surface area contributed by atoms with Crippen LogP contribution in [-0.4, -0.2) is 23.8 Å². The monoisotopic (exact) mass is 314 g/mol. The van der Waals surface area contributed by atoms with E-state index in [1.807, 2.05) is 30.3 Å². The summed E-state index contributed by atoms with van der Waals surface area (Å²) in [6.07, 6.45) is 0.726. The summed E-state index contributed by atoms with van der Waals surface area (Å²) >= 11 is 0. The molecule has 0 aromatic heterocycles. The Labute approximate surface area is 134 Å². The molecule has 0 spiro atoms. The molecule has 1 aliphatic rings. The SMILES string of the molecule is O=C(NC(CO)c1ccccc1)NC1CC1c1ccccc1F. The molecule has 2 amide bonds. The third-order valence-electron chi connectivity index (χ3n) is 4.10. The van der Waals surface area contributed by atoms with E-state index in [1.54, 1.807) is 18.2 Å². The van der Waals surface area contributed by atoms with Crippen LogP contribution in [0.25, 0.3) is 0 Å². The molecule has 23 heavy (non-hydrogen) atoms. The van der Waals surface area contributed by atoms with Gasteiger partial charge in [-0.3, -0.25) is 0 Å². The van der Waals surface area contributed by atoms with Crippen LogP contribution in [0.4, 0.5) is 9.18 Å². The average Bonchev–Trinajstić information content (AvgIpc) is 3.32. The van der Waals surface area contributed by atoms with Crippen molar-refractivity contribution in [3.05, 3.63) is 71.5 Å². The Morgan fingerprint density at radius 1 is 1.17 bits per heavy atom. The fourth-order valence-corrected chi connectivity index (χ4v) is 2.76. The number of nitrogens with one attached hydrogen (secondary N) is 2. The molecule has 3 unspecified atom stereocenters. The summed E-state index contributed by atoms with van der Waals surface area (Å²) < 4.78 is 13.7. The number of halogens is 1. The van der Waals surface area contributed by atoms with E-state index in [0.29, 0.717) is 5.56 Å². The first-order valence-electron chi connectivity index (χ1n) is 7.66. The van der Waals surface area contributed by atoms with Crippen LogP contribution in [0.2, 0.25) is 0 Å². The third kappa shape index (κ3) is 3.68. The van der Waals surface area contributed by atoms with Crippen molar-refractivity contribution in [2.45, 2.75) is 24.4 Å². The number of carbonyl (C=O) groups excluding carboxylic acids is 1. The summed E-state index contributed by atoms with van der Waals surface area (Å²) in [4.78, 5) is 12.1. The standard InChI is InChI=1S/C18H19FN2O2/c19-15-9-5-4-8-13(15)14-10-16(14)20-18(23)21-17(11-22)12-6-2-1-3-7-12/h1-9,14,16-17,22H,10-11H2,(H2,20,21,23). The van der Waals surface area contributed by atoms with Gasteiger partial charge in [-0.15, -0.1) is 0 Å². The number of carbonyl (C=O) groups is 1. The summed E-state index contributed by atoms with van der Waals surface area (Å²) in [5, 5.41) is 15.0. The number of aliphatic hydroxyl groups excluding tert-OH is 1. The molecule has 0 bridgehead atoms. The average molecular weight is 314 g/mol. The van der Waals surface area contributed by atoms with Crippen molar-refractivity contribution in [1.29, 1.82) is 0 Å². The molecule has 3 atom stereocenters. The number of hydrogen-bond acceptors (Lipinski definition) is 2. The summed E-state index contributed by atoms with van der Waals surface area (Å²) in [7, 11) is 0. The van der Waals surface area contributed by atoms with Gasteiger partial charge in [0.1, 0.15) is 5.82 Å². The molecule has 5 heteroatoms. The fraction of sp³-hybridized carbons (Fsp3) is 0.278. The Morgan fingerprint density at radius 2 is 1.87 bits per heavy atom. The van der Waals surface area contributed by atoms with E-state index in [9.17, 15) is 14.3 Å². The van der Waals surface area contributed by atoms with Crippen LogP contribution >= 0.6 is 0 Å². The zero-order valence-corrected chi connectivity index (χ0v) is 12.6. The molecule has 2 aromatic rings. The normalized spacial score (nSPS) is 20.6. The third-order valence-corrected chi connectivity index (χ3v) is 4.10. The molecule has 0 saturated heterocycles. The molecule has 1 saturated carbocycles. The highest BCUT2D eigenvalue weighted by molar-refractivity contribution is 5.75. The van der Waals surface area contributed by atoms with Crippen LogP contribution in [0.5, 0.6) is 0 Å². The zero-order valence-electron chi connectivity index (χ0n) is 12.6. The Morgan fingerprint density at radius 3 is 2.57 bits per heavy atom. The molecule has 3 rings (SSSR count). The van der Waals surface area contributed by atoms with Crippen molar-refractivity contribution in [2.24, 2.45) is 0 Å². The number of benzene rings is 2. The molecule has 2 aromatic carbocycles. The molecular formula is C18H19FN2O2. The lowest BCUT2D eigenvalue weighted by Gasteiger charge is -2.17. The van der Waals surface area contributed by atoms with Crippen LogP contribution in [0, 0.1) is 5.82 Å². The highest BCUT2D eigenvalue weighted by Crippen LogP contribution is 2.41. The van der Waals surface area contributed by atoms with Gasteiger partial charge in [-0.25, -0.2) is 9.18 Å². The Kier molecular flexibility index (Phi) is 4.57. The van der Waals surface area contributed by atoms with Gasteiger partial charge in [0.25, 0.3) is 0 Å². The maximum Gasteiger partial charge on any atom is 0.315 e. The van der Waals surface area contributed by atoms with Gasteiger partial charge in [-0.1, -0.05) is 48.5 Å². The van der Waals surface area contributed by atoms with Gasteiger partial charge in [0, 0.05) is 12.0 Å². The van der Waals surface area contributed by atoms with Crippen molar-refractivity contribution >= 4 is 6.03 Å². The smallest absolute Gasteiger partial charge is 0.315 e. The second kappa shape index (κ2) is 6.79. The molecule has 1 aliphatic carbocycles. The number of hydrogen-bond donors (Lipinski definition) is 3. The van der Waals surface area contributed by atoms with Gasteiger partial charge in [0.05, 0.1) is 12.6 Å². The lowest BCUT2D eigenvalue weighted by atomic mass is 10.1. The molecule has 3 N–H and O–H groups in total. The van der Waals surface area contributed by atoms with Gasteiger partial charge in [-0.2, -0.15) is 0 Å². The molecule has 0 heterocycles. The van der Waals surface area contributed by atoms with Crippen molar-refractivity contribution in [2.75, 3.05) is 6.61 Å². The lowest BCUT2D eigenvalue weighted by molar-refractivity contribution is 0.216. The van der Waals surface area contributed by atoms with Crippen LogP contribution in [0.1, 0.15) is 29.5 Å². The van der Waals surface area contributed by atoms with Gasteiger partial charge in [-0.05, 0) is 23.6 Å². The van der Waals surface area contributed by atoms with Crippen LogP contribution in [0.3, 0.4) is 0 Å². The number of rotatable bonds is 5. The largest absolute Gasteiger partial charge is 0.394 e. The molecular weight excluding hydrogens is 295 g/mol. The topological polar surface area (TPSA) is 61.4 Å². The minimum absolute atomic E-state index is 0.0197. The lowest BCUT2D eigenvalue weighted by Crippen LogP contribution is -2.40. The van der Waals surface area contributed by atoms with E-state index in [-0.39, 0.29) is 30.4 Å². The first-order valence-corrected chi connectivity index (χ1v) is 7.66. The van der Waals surface area contributed by atoms with Gasteiger partial charge in [0.2, 0.25) is 0 Å². The van der Waals surface area contributed by atoms with E-state index in [2.05, 4.69) is 10.6 Å². The summed E-state index contributed by atoms with van der Waals surface area (Å²) in [5.41, 5.74) is 1.48. The summed E-state index contributed by atoms with van der Waals surface area (Å²) in [5.74, 6) is -0.217. The van der Waals surface area contributed by atoms with E-state index in [4.69, 9.17) is 0 Å². The van der Waals surface area contributed by atoms with Crippen molar-refractivity contribution in [3.8, 4) is 0 Å². The highest BCUT2D eigenvalue weighted by atomic mass is 19.1. The second-order valence-electron chi connectivity index (χ2n) is 5.73. The van der Waals surface area contributed by atoms with Gasteiger partial charge in [0.15, 0.2) is 0 Å². The van der Waals surface area contributed by atoms with Crippen molar-refractivity contribution in [3.63, 3.8) is 0 Å². The quantitative estimate of drug-likeness (QED) is 0.794. The van der Waals surface area contributed by atoms with Gasteiger partial charge < -0.3 is 15.7 Å². The zero-order chi connectivity index (χ0) is 16.2. The van der Waals surface area contributed by atoms with Crippen LogP contribution in [-0.2, 0) is 0 Å². The molecule has 0 radical (unpaired) electrons. The first kappa shape index (κ1) is 15.5. The second-order valence-corrected chi connectivity index (χ2v) is 5.73. The number of aliphatic hydroxyl groups is 1. The Bertz CT molecular complexity index is 678. The Balaban J connectivity index is 1.55. The maximum atomic E-state index is 13.7. The predicted molar refractivity (Wildman–Crippen MR) is 85.5 cm³/mol. The predicted octanol–water partition coefficient (Wildman–Crippen LogP) is 2.71. The van der Waals surface area contributed by atoms with E-state index in [0.717, 1.165) is 12.0 Å². The minimum atomic E-state index is -0.457. The van der Waals surface area contributed by atoms with Crippen LogP contribution < -0.4 is 10.6 Å². The minimum Gasteiger partial charge on any atom is -0.394 e. The van der Waals surface area contributed by atoms with E-state index >= 15 is 0 Å². The molecule has 0 aliphatic heterocycles.